The van der Waals surface area contributed by atoms with Gasteiger partial charge >= 0.3 is 5.76 Å². The molecule has 2 aliphatic heterocycles. The van der Waals surface area contributed by atoms with Crippen molar-refractivity contribution in [1.82, 2.24) is 19.7 Å². The van der Waals surface area contributed by atoms with E-state index < -0.39 is 5.76 Å². The Morgan fingerprint density at radius 1 is 1.00 bits per heavy atom. The average molecular weight is 294 g/mol. The molecule has 0 bridgehead atoms. The standard InChI is InChI=1S/C15H10N4O3/c20-15-16-13-11(21-15)7-4-8-19(13)9-12-17-18-14(22-12)10-5-2-1-3-6-10/h1-8H,9H2. The highest BCUT2D eigenvalue weighted by atomic mass is 16.4. The van der Waals surface area contributed by atoms with Crippen LogP contribution in [0.2, 0.25) is 0 Å². The first kappa shape index (κ1) is 12.5. The zero-order valence-corrected chi connectivity index (χ0v) is 11.3. The van der Waals surface area contributed by atoms with Crippen LogP contribution in [0.3, 0.4) is 0 Å². The molecule has 0 saturated heterocycles. The van der Waals surface area contributed by atoms with E-state index in [1.807, 2.05) is 30.3 Å². The lowest BCUT2D eigenvalue weighted by Gasteiger charge is -2.06. The highest BCUT2D eigenvalue weighted by Crippen LogP contribution is 2.20. The van der Waals surface area contributed by atoms with E-state index in [-0.39, 0.29) is 0 Å². The Kier molecular flexibility index (Phi) is 2.82. The van der Waals surface area contributed by atoms with Gasteiger partial charge in [-0.3, -0.25) is 0 Å². The number of hydrogen-bond acceptors (Lipinski definition) is 6. The minimum absolute atomic E-state index is 0.309. The SMILES string of the molecule is O=c1nc2n(Cc3nnc(-c4ccccc4)o3)cccc-2o1. The molecule has 0 N–H and O–H groups in total. The van der Waals surface area contributed by atoms with Gasteiger partial charge in [0.1, 0.15) is 6.54 Å². The first-order chi connectivity index (χ1) is 10.8. The summed E-state index contributed by atoms with van der Waals surface area (Å²) in [5, 5.41) is 8.06. The minimum atomic E-state index is -0.620. The summed E-state index contributed by atoms with van der Waals surface area (Å²) in [5.41, 5.74) is 0.854. The van der Waals surface area contributed by atoms with E-state index in [0.717, 1.165) is 5.56 Å². The third-order valence-electron chi connectivity index (χ3n) is 3.19. The van der Waals surface area contributed by atoms with E-state index in [0.29, 0.717) is 29.9 Å². The Labute approximate surface area is 124 Å². The normalized spacial score (nSPS) is 11.1. The largest absolute Gasteiger partial charge is 0.441 e. The van der Waals surface area contributed by atoms with Crippen molar-refractivity contribution in [3.05, 3.63) is 65.1 Å². The highest BCUT2D eigenvalue weighted by Gasteiger charge is 2.16. The quantitative estimate of drug-likeness (QED) is 0.574. The third-order valence-corrected chi connectivity index (χ3v) is 3.19. The predicted molar refractivity (Wildman–Crippen MR) is 76.2 cm³/mol. The van der Waals surface area contributed by atoms with Crippen molar-refractivity contribution in [2.24, 2.45) is 0 Å². The number of oxazole rings is 1. The molecule has 0 radical (unpaired) electrons. The van der Waals surface area contributed by atoms with Gasteiger partial charge in [0, 0.05) is 11.8 Å². The summed E-state index contributed by atoms with van der Waals surface area (Å²) in [6.07, 6.45) is 1.77. The maximum absolute atomic E-state index is 11.2. The predicted octanol–water partition coefficient (Wildman–Crippen LogP) is 2.04. The van der Waals surface area contributed by atoms with Crippen LogP contribution in [0.1, 0.15) is 5.89 Å². The molecule has 0 saturated carbocycles. The van der Waals surface area contributed by atoms with Crippen LogP contribution in [-0.2, 0) is 6.54 Å². The van der Waals surface area contributed by atoms with E-state index in [1.54, 1.807) is 22.9 Å². The summed E-state index contributed by atoms with van der Waals surface area (Å²) in [6, 6.07) is 13.0. The number of rotatable bonds is 3. The van der Waals surface area contributed by atoms with Crippen LogP contribution in [0.25, 0.3) is 23.0 Å². The Morgan fingerprint density at radius 2 is 1.86 bits per heavy atom. The number of aromatic nitrogens is 4. The molecule has 108 valence electrons. The van der Waals surface area contributed by atoms with Crippen molar-refractivity contribution in [2.75, 3.05) is 0 Å². The molecule has 3 heterocycles. The summed E-state index contributed by atoms with van der Waals surface area (Å²) < 4.78 is 12.3. The molecule has 1 aromatic carbocycles. The van der Waals surface area contributed by atoms with Crippen LogP contribution in [-0.4, -0.2) is 19.7 Å². The summed E-state index contributed by atoms with van der Waals surface area (Å²) in [4.78, 5) is 15.1. The second kappa shape index (κ2) is 4.96. The van der Waals surface area contributed by atoms with Crippen LogP contribution >= 0.6 is 0 Å². The topological polar surface area (TPSA) is 87.0 Å². The zero-order chi connectivity index (χ0) is 14.9. The molecule has 0 unspecified atom stereocenters. The van der Waals surface area contributed by atoms with Gasteiger partial charge in [0.25, 0.3) is 0 Å². The second-order valence-corrected chi connectivity index (χ2v) is 4.67. The Hall–Kier alpha value is -3.22. The van der Waals surface area contributed by atoms with Crippen LogP contribution in [0.4, 0.5) is 0 Å². The van der Waals surface area contributed by atoms with Crippen LogP contribution in [0, 0.1) is 0 Å². The van der Waals surface area contributed by atoms with Gasteiger partial charge in [-0.2, -0.15) is 4.98 Å². The maximum atomic E-state index is 11.2. The van der Waals surface area contributed by atoms with Gasteiger partial charge in [0.05, 0.1) is 0 Å². The summed E-state index contributed by atoms with van der Waals surface area (Å²) >= 11 is 0. The molecular formula is C15H10N4O3. The van der Waals surface area contributed by atoms with E-state index in [9.17, 15) is 4.79 Å². The van der Waals surface area contributed by atoms with Gasteiger partial charge < -0.3 is 13.4 Å². The third kappa shape index (κ3) is 2.18. The van der Waals surface area contributed by atoms with Crippen molar-refractivity contribution in [3.63, 3.8) is 0 Å². The first-order valence-corrected chi connectivity index (χ1v) is 6.63. The molecule has 22 heavy (non-hydrogen) atoms. The molecule has 0 atom stereocenters. The molecule has 7 nitrogen and oxygen atoms in total. The van der Waals surface area contributed by atoms with Crippen molar-refractivity contribution in [1.29, 1.82) is 0 Å². The Morgan fingerprint density at radius 3 is 2.73 bits per heavy atom. The lowest BCUT2D eigenvalue weighted by Crippen LogP contribution is -2.06. The van der Waals surface area contributed by atoms with Crippen molar-refractivity contribution in [3.8, 4) is 23.0 Å². The zero-order valence-electron chi connectivity index (χ0n) is 11.3. The number of benzene rings is 1. The monoisotopic (exact) mass is 294 g/mol. The van der Waals surface area contributed by atoms with Crippen LogP contribution < -0.4 is 5.76 Å². The Balaban J connectivity index is 1.67. The fraction of sp³-hybridized carbons (Fsp3) is 0.0667. The lowest BCUT2D eigenvalue weighted by molar-refractivity contribution is 0.486. The van der Waals surface area contributed by atoms with Crippen molar-refractivity contribution in [2.45, 2.75) is 6.54 Å². The molecule has 0 amide bonds. The maximum Gasteiger partial charge on any atom is 0.441 e. The number of hydrogen-bond donors (Lipinski definition) is 0. The van der Waals surface area contributed by atoms with E-state index in [1.165, 1.54) is 0 Å². The summed E-state index contributed by atoms with van der Waals surface area (Å²) in [7, 11) is 0. The molecule has 7 heteroatoms. The van der Waals surface area contributed by atoms with E-state index >= 15 is 0 Å². The Bertz CT molecular complexity index is 939. The summed E-state index contributed by atoms with van der Waals surface area (Å²) in [5.74, 6) is 1.13. The second-order valence-electron chi connectivity index (χ2n) is 4.67. The minimum Gasteiger partial charge on any atom is -0.419 e. The number of pyridine rings is 1. The van der Waals surface area contributed by atoms with Gasteiger partial charge in [-0.25, -0.2) is 4.79 Å². The lowest BCUT2D eigenvalue weighted by atomic mass is 10.2. The molecule has 2 aliphatic rings. The number of nitrogens with zero attached hydrogens (tertiary/aromatic N) is 4. The molecule has 2 aromatic rings. The first-order valence-electron chi connectivity index (χ1n) is 6.63. The van der Waals surface area contributed by atoms with Gasteiger partial charge in [-0.15, -0.1) is 10.2 Å². The molecule has 4 rings (SSSR count). The van der Waals surface area contributed by atoms with Crippen LogP contribution in [0.5, 0.6) is 0 Å². The molecule has 0 aliphatic carbocycles. The fourth-order valence-electron chi connectivity index (χ4n) is 2.21. The highest BCUT2D eigenvalue weighted by molar-refractivity contribution is 5.52. The summed E-state index contributed by atoms with van der Waals surface area (Å²) in [6.45, 7) is 0.309. The smallest absolute Gasteiger partial charge is 0.419 e. The van der Waals surface area contributed by atoms with E-state index in [4.69, 9.17) is 8.83 Å². The molecule has 0 spiro atoms. The molecule has 0 fully saturated rings. The molecule has 1 aromatic heterocycles. The van der Waals surface area contributed by atoms with Gasteiger partial charge in [-0.05, 0) is 24.3 Å². The van der Waals surface area contributed by atoms with Crippen LogP contribution in [0.15, 0.2) is 62.3 Å². The van der Waals surface area contributed by atoms with E-state index in [2.05, 4.69) is 15.2 Å². The number of fused-ring (bicyclic) bond motifs is 1. The van der Waals surface area contributed by atoms with Gasteiger partial charge in [0.2, 0.25) is 11.8 Å². The van der Waals surface area contributed by atoms with Crippen molar-refractivity contribution < 1.29 is 8.83 Å². The molecular weight excluding hydrogens is 284 g/mol. The fourth-order valence-corrected chi connectivity index (χ4v) is 2.21. The average Bonchev–Trinajstić information content (AvgIpc) is 3.14. The van der Waals surface area contributed by atoms with Gasteiger partial charge in [0.15, 0.2) is 11.6 Å². The van der Waals surface area contributed by atoms with Crippen molar-refractivity contribution >= 4 is 0 Å². The van der Waals surface area contributed by atoms with Gasteiger partial charge in [-0.1, -0.05) is 18.2 Å².